The molecule has 1 aromatic rings. The highest BCUT2D eigenvalue weighted by atomic mass is 35.5. The molecule has 1 aromatic carbocycles. The molecule has 0 aliphatic heterocycles. The summed E-state index contributed by atoms with van der Waals surface area (Å²) in [5.74, 6) is 0.672. The first-order chi connectivity index (χ1) is 6.47. The van der Waals surface area contributed by atoms with E-state index in [0.29, 0.717) is 5.94 Å². The van der Waals surface area contributed by atoms with Crippen molar-refractivity contribution in [1.82, 2.24) is 0 Å². The molecule has 0 bridgehead atoms. The van der Waals surface area contributed by atoms with Gasteiger partial charge in [-0.15, -0.1) is 0 Å². The van der Waals surface area contributed by atoms with Gasteiger partial charge < -0.3 is 4.74 Å². The zero-order valence-corrected chi connectivity index (χ0v) is 10.3. The standard InChI is InChI=1S/C11H15ClOS/c1-11(2,3)13-8-14-10-6-4-9(12)5-7-10/h4-7H,8H2,1-3H3. The van der Waals surface area contributed by atoms with Crippen LogP contribution in [0.2, 0.25) is 5.02 Å². The fourth-order valence-corrected chi connectivity index (χ4v) is 1.81. The van der Waals surface area contributed by atoms with Crippen molar-refractivity contribution in [2.45, 2.75) is 31.3 Å². The van der Waals surface area contributed by atoms with Gasteiger partial charge in [0.1, 0.15) is 0 Å². The third kappa shape index (κ3) is 4.89. The highest BCUT2D eigenvalue weighted by molar-refractivity contribution is 7.99. The van der Waals surface area contributed by atoms with Crippen LogP contribution < -0.4 is 0 Å². The summed E-state index contributed by atoms with van der Waals surface area (Å²) in [5.41, 5.74) is -0.0700. The van der Waals surface area contributed by atoms with Crippen LogP contribution in [0.5, 0.6) is 0 Å². The van der Waals surface area contributed by atoms with Crippen molar-refractivity contribution in [1.29, 1.82) is 0 Å². The van der Waals surface area contributed by atoms with Crippen LogP contribution in [0.15, 0.2) is 29.2 Å². The molecule has 1 rings (SSSR count). The van der Waals surface area contributed by atoms with Crippen molar-refractivity contribution in [2.75, 3.05) is 5.94 Å². The average Bonchev–Trinajstić information content (AvgIpc) is 2.06. The Hall–Kier alpha value is -0.180. The number of hydrogen-bond donors (Lipinski definition) is 0. The minimum atomic E-state index is -0.0700. The van der Waals surface area contributed by atoms with E-state index in [1.54, 1.807) is 11.8 Å². The van der Waals surface area contributed by atoms with Crippen molar-refractivity contribution in [3.05, 3.63) is 29.3 Å². The number of hydrogen-bond acceptors (Lipinski definition) is 2. The Balaban J connectivity index is 2.35. The monoisotopic (exact) mass is 230 g/mol. The average molecular weight is 231 g/mol. The highest BCUT2D eigenvalue weighted by Crippen LogP contribution is 2.22. The van der Waals surface area contributed by atoms with Crippen molar-refractivity contribution in [3.63, 3.8) is 0 Å². The quantitative estimate of drug-likeness (QED) is 0.569. The lowest BCUT2D eigenvalue weighted by atomic mass is 10.2. The van der Waals surface area contributed by atoms with Gasteiger partial charge in [-0.2, -0.15) is 0 Å². The molecule has 0 heterocycles. The van der Waals surface area contributed by atoms with Crippen molar-refractivity contribution < 1.29 is 4.74 Å². The van der Waals surface area contributed by atoms with Gasteiger partial charge in [0.05, 0.1) is 11.5 Å². The smallest absolute Gasteiger partial charge is 0.0974 e. The summed E-state index contributed by atoms with van der Waals surface area (Å²) in [6.07, 6.45) is 0. The van der Waals surface area contributed by atoms with E-state index in [0.717, 1.165) is 5.02 Å². The Kier molecular flexibility index (Phi) is 4.30. The summed E-state index contributed by atoms with van der Waals surface area (Å²) < 4.78 is 5.59. The lowest BCUT2D eigenvalue weighted by Crippen LogP contribution is -2.18. The predicted molar refractivity (Wildman–Crippen MR) is 63.0 cm³/mol. The summed E-state index contributed by atoms with van der Waals surface area (Å²) in [7, 11) is 0. The van der Waals surface area contributed by atoms with E-state index in [1.165, 1.54) is 4.90 Å². The zero-order chi connectivity index (χ0) is 10.6. The molecule has 14 heavy (non-hydrogen) atoms. The largest absolute Gasteiger partial charge is 0.365 e. The first-order valence-electron chi connectivity index (χ1n) is 4.50. The van der Waals surface area contributed by atoms with Crippen LogP contribution in [0.25, 0.3) is 0 Å². The summed E-state index contributed by atoms with van der Waals surface area (Å²) in [4.78, 5) is 1.18. The van der Waals surface area contributed by atoms with E-state index in [-0.39, 0.29) is 5.60 Å². The second-order valence-electron chi connectivity index (χ2n) is 3.97. The van der Waals surface area contributed by atoms with E-state index in [2.05, 4.69) is 20.8 Å². The van der Waals surface area contributed by atoms with Gasteiger partial charge in [-0.1, -0.05) is 23.4 Å². The molecule has 0 aromatic heterocycles. The van der Waals surface area contributed by atoms with Gasteiger partial charge in [0.15, 0.2) is 0 Å². The third-order valence-electron chi connectivity index (χ3n) is 1.53. The van der Waals surface area contributed by atoms with Crippen molar-refractivity contribution >= 4 is 23.4 Å². The molecule has 0 saturated heterocycles. The van der Waals surface area contributed by atoms with Crippen molar-refractivity contribution in [2.24, 2.45) is 0 Å². The first kappa shape index (κ1) is 11.9. The van der Waals surface area contributed by atoms with E-state index < -0.39 is 0 Å². The third-order valence-corrected chi connectivity index (χ3v) is 2.62. The van der Waals surface area contributed by atoms with Gasteiger partial charge in [-0.05, 0) is 45.0 Å². The Morgan fingerprint density at radius 3 is 2.29 bits per heavy atom. The number of ether oxygens (including phenoxy) is 1. The molecule has 0 N–H and O–H groups in total. The van der Waals surface area contributed by atoms with Gasteiger partial charge in [0, 0.05) is 9.92 Å². The Morgan fingerprint density at radius 1 is 1.21 bits per heavy atom. The molecule has 1 nitrogen and oxygen atoms in total. The predicted octanol–water partition coefficient (Wildman–Crippen LogP) is 4.20. The zero-order valence-electron chi connectivity index (χ0n) is 8.71. The van der Waals surface area contributed by atoms with Crippen LogP contribution in [0.3, 0.4) is 0 Å². The molecule has 0 fully saturated rings. The number of rotatable bonds is 3. The molecular formula is C11H15ClOS. The molecular weight excluding hydrogens is 216 g/mol. The van der Waals surface area contributed by atoms with Gasteiger partial charge in [0.2, 0.25) is 0 Å². The van der Waals surface area contributed by atoms with Crippen LogP contribution in [0.1, 0.15) is 20.8 Å². The fraction of sp³-hybridized carbons (Fsp3) is 0.455. The maximum absolute atomic E-state index is 5.78. The molecule has 0 amide bonds. The summed E-state index contributed by atoms with van der Waals surface area (Å²) >= 11 is 7.45. The summed E-state index contributed by atoms with van der Waals surface area (Å²) in [5, 5.41) is 0.770. The van der Waals surface area contributed by atoms with Gasteiger partial charge in [-0.25, -0.2) is 0 Å². The molecule has 0 saturated carbocycles. The van der Waals surface area contributed by atoms with Gasteiger partial charge >= 0.3 is 0 Å². The SMILES string of the molecule is CC(C)(C)OCSc1ccc(Cl)cc1. The van der Waals surface area contributed by atoms with Crippen molar-refractivity contribution in [3.8, 4) is 0 Å². The van der Waals surface area contributed by atoms with Gasteiger partial charge in [-0.3, -0.25) is 0 Å². The number of thioether (sulfide) groups is 1. The maximum Gasteiger partial charge on any atom is 0.0974 e. The first-order valence-corrected chi connectivity index (χ1v) is 5.86. The molecule has 78 valence electrons. The lowest BCUT2D eigenvalue weighted by Gasteiger charge is -2.18. The topological polar surface area (TPSA) is 9.23 Å². The Bertz CT molecular complexity index is 276. The van der Waals surface area contributed by atoms with E-state index >= 15 is 0 Å². The number of benzene rings is 1. The van der Waals surface area contributed by atoms with Gasteiger partial charge in [0.25, 0.3) is 0 Å². The highest BCUT2D eigenvalue weighted by Gasteiger charge is 2.09. The van der Waals surface area contributed by atoms with Crippen LogP contribution in [-0.2, 0) is 4.74 Å². The lowest BCUT2D eigenvalue weighted by molar-refractivity contribution is 0.0288. The van der Waals surface area contributed by atoms with E-state index in [1.807, 2.05) is 24.3 Å². The molecule has 0 unspecified atom stereocenters. The molecule has 0 radical (unpaired) electrons. The fourth-order valence-electron chi connectivity index (χ4n) is 0.805. The second kappa shape index (κ2) is 5.06. The minimum absolute atomic E-state index is 0.0700. The second-order valence-corrected chi connectivity index (χ2v) is 5.41. The molecule has 3 heteroatoms. The molecule has 0 spiro atoms. The van der Waals surface area contributed by atoms with Crippen LogP contribution in [-0.4, -0.2) is 11.5 Å². The van der Waals surface area contributed by atoms with E-state index in [9.17, 15) is 0 Å². The maximum atomic E-state index is 5.78. The summed E-state index contributed by atoms with van der Waals surface area (Å²) in [6.45, 7) is 6.15. The summed E-state index contributed by atoms with van der Waals surface area (Å²) in [6, 6.07) is 7.78. The Morgan fingerprint density at radius 2 is 1.79 bits per heavy atom. The minimum Gasteiger partial charge on any atom is -0.365 e. The molecule has 0 aliphatic rings. The Labute approximate surface area is 94.8 Å². The van der Waals surface area contributed by atoms with Crippen LogP contribution in [0, 0.1) is 0 Å². The van der Waals surface area contributed by atoms with Crippen LogP contribution in [0.4, 0.5) is 0 Å². The normalized spacial score (nSPS) is 11.7. The van der Waals surface area contributed by atoms with E-state index in [4.69, 9.17) is 16.3 Å². The number of halogens is 1. The van der Waals surface area contributed by atoms with Crippen LogP contribution >= 0.6 is 23.4 Å². The molecule has 0 atom stereocenters. The molecule has 0 aliphatic carbocycles.